The molecule has 19 heavy (non-hydrogen) atoms. The topological polar surface area (TPSA) is 18.5 Å². The van der Waals surface area contributed by atoms with Gasteiger partial charge in [-0.05, 0) is 12.1 Å². The normalized spacial score (nSPS) is 12.4. The van der Waals surface area contributed by atoms with E-state index in [4.69, 9.17) is 11.6 Å². The largest absolute Gasteiger partial charge is 0.573 e. The van der Waals surface area contributed by atoms with E-state index in [-0.39, 0.29) is 4.47 Å². The summed E-state index contributed by atoms with van der Waals surface area (Å²) in [6.07, 6.45) is -9.80. The number of ether oxygens (including phenoxy) is 2. The van der Waals surface area contributed by atoms with Gasteiger partial charge in [-0.1, -0.05) is 27.5 Å². The van der Waals surface area contributed by atoms with Crippen molar-refractivity contribution in [2.45, 2.75) is 12.5 Å². The van der Waals surface area contributed by atoms with E-state index in [2.05, 4.69) is 25.4 Å². The molecular formula is C9H4BrClF6O2. The van der Waals surface area contributed by atoms with Crippen molar-refractivity contribution in [2.75, 3.05) is 6.61 Å². The molecule has 10 heteroatoms. The summed E-state index contributed by atoms with van der Waals surface area (Å²) in [4.78, 5) is 0. The first kappa shape index (κ1) is 16.2. The summed E-state index contributed by atoms with van der Waals surface area (Å²) in [6.45, 7) is -1.79. The van der Waals surface area contributed by atoms with Crippen LogP contribution in [0.25, 0.3) is 0 Å². The zero-order chi connectivity index (χ0) is 14.8. The Kier molecular flexibility index (Phi) is 4.83. The second-order valence-corrected chi connectivity index (χ2v) is 4.49. The van der Waals surface area contributed by atoms with Gasteiger partial charge in [0.05, 0.1) is 5.02 Å². The highest BCUT2D eigenvalue weighted by atomic mass is 79.9. The maximum absolute atomic E-state index is 12.1. The fourth-order valence-electron chi connectivity index (χ4n) is 1.03. The zero-order valence-electron chi connectivity index (χ0n) is 8.70. The standard InChI is InChI=1S/C9H4BrClF6O2/c10-4-1-5(11)7(18-3-8(12,13)14)6(2-4)19-9(15,16)17/h1-2H,3H2. The molecule has 0 saturated heterocycles. The van der Waals surface area contributed by atoms with Crippen LogP contribution in [0.15, 0.2) is 16.6 Å². The van der Waals surface area contributed by atoms with Gasteiger partial charge in [-0.3, -0.25) is 0 Å². The lowest BCUT2D eigenvalue weighted by Gasteiger charge is -2.16. The lowest BCUT2D eigenvalue weighted by atomic mass is 10.3. The smallest absolute Gasteiger partial charge is 0.479 e. The van der Waals surface area contributed by atoms with E-state index in [0.29, 0.717) is 0 Å². The molecule has 0 aromatic heterocycles. The molecule has 0 aliphatic heterocycles. The minimum absolute atomic E-state index is 0.0936. The van der Waals surface area contributed by atoms with Crippen LogP contribution in [0.5, 0.6) is 11.5 Å². The first-order chi connectivity index (χ1) is 8.48. The molecule has 0 unspecified atom stereocenters. The lowest BCUT2D eigenvalue weighted by molar-refractivity contribution is -0.275. The van der Waals surface area contributed by atoms with Crippen molar-refractivity contribution in [3.05, 3.63) is 21.6 Å². The van der Waals surface area contributed by atoms with Gasteiger partial charge in [0, 0.05) is 4.47 Å². The van der Waals surface area contributed by atoms with Gasteiger partial charge in [-0.15, -0.1) is 13.2 Å². The van der Waals surface area contributed by atoms with E-state index in [1.165, 1.54) is 0 Å². The Balaban J connectivity index is 3.06. The molecule has 1 aromatic rings. The van der Waals surface area contributed by atoms with Crippen LogP contribution in [0, 0.1) is 0 Å². The van der Waals surface area contributed by atoms with Crippen LogP contribution in [0.1, 0.15) is 0 Å². The molecule has 1 rings (SSSR count). The molecule has 108 valence electrons. The number of rotatable bonds is 3. The second-order valence-electron chi connectivity index (χ2n) is 3.17. The third-order valence-electron chi connectivity index (χ3n) is 1.58. The molecule has 0 radical (unpaired) electrons. The number of hydrogen-bond donors (Lipinski definition) is 0. The average molecular weight is 373 g/mol. The molecule has 0 amide bonds. The third-order valence-corrected chi connectivity index (χ3v) is 2.32. The molecule has 2 nitrogen and oxygen atoms in total. The van der Waals surface area contributed by atoms with Gasteiger partial charge >= 0.3 is 12.5 Å². The zero-order valence-corrected chi connectivity index (χ0v) is 11.0. The summed E-state index contributed by atoms with van der Waals surface area (Å²) in [7, 11) is 0. The molecule has 0 N–H and O–H groups in total. The highest BCUT2D eigenvalue weighted by molar-refractivity contribution is 9.10. The van der Waals surface area contributed by atoms with Crippen LogP contribution in [0.2, 0.25) is 5.02 Å². The monoisotopic (exact) mass is 372 g/mol. The third kappa shape index (κ3) is 5.77. The van der Waals surface area contributed by atoms with E-state index in [1.807, 2.05) is 0 Å². The maximum atomic E-state index is 12.1. The van der Waals surface area contributed by atoms with Gasteiger partial charge in [0.1, 0.15) is 0 Å². The number of benzene rings is 1. The SMILES string of the molecule is FC(F)(F)COc1c(Cl)cc(Br)cc1OC(F)(F)F. The van der Waals surface area contributed by atoms with Gasteiger partial charge in [-0.25, -0.2) is 0 Å². The number of halogens is 8. The summed E-state index contributed by atoms with van der Waals surface area (Å²) in [5.41, 5.74) is 0. The molecule has 0 bridgehead atoms. The van der Waals surface area contributed by atoms with Crippen molar-refractivity contribution < 1.29 is 35.8 Å². The number of hydrogen-bond acceptors (Lipinski definition) is 2. The highest BCUT2D eigenvalue weighted by Crippen LogP contribution is 2.41. The molecular weight excluding hydrogens is 369 g/mol. The molecule has 0 atom stereocenters. The molecule has 0 aliphatic rings. The Morgan fingerprint density at radius 3 is 2.16 bits per heavy atom. The van der Waals surface area contributed by atoms with Crippen molar-refractivity contribution >= 4 is 27.5 Å². The van der Waals surface area contributed by atoms with Gasteiger partial charge in [-0.2, -0.15) is 13.2 Å². The summed E-state index contributed by atoms with van der Waals surface area (Å²) in [6, 6.07) is 1.88. The van der Waals surface area contributed by atoms with Crippen LogP contribution in [0.3, 0.4) is 0 Å². The van der Waals surface area contributed by atoms with Gasteiger partial charge in [0.15, 0.2) is 18.1 Å². The van der Waals surface area contributed by atoms with Gasteiger partial charge < -0.3 is 9.47 Å². The Morgan fingerprint density at radius 2 is 1.68 bits per heavy atom. The Labute approximate surface area is 116 Å². The van der Waals surface area contributed by atoms with E-state index >= 15 is 0 Å². The predicted molar refractivity (Wildman–Crippen MR) is 57.4 cm³/mol. The van der Waals surface area contributed by atoms with Crippen LogP contribution in [-0.2, 0) is 0 Å². The van der Waals surface area contributed by atoms with Gasteiger partial charge in [0.2, 0.25) is 0 Å². The first-order valence-electron chi connectivity index (χ1n) is 4.42. The first-order valence-corrected chi connectivity index (χ1v) is 5.59. The molecule has 0 fully saturated rings. The second kappa shape index (κ2) is 5.66. The minimum atomic E-state index is -5.08. The van der Waals surface area contributed by atoms with E-state index in [0.717, 1.165) is 12.1 Å². The van der Waals surface area contributed by atoms with E-state index < -0.39 is 35.7 Å². The van der Waals surface area contributed by atoms with Crippen molar-refractivity contribution in [3.8, 4) is 11.5 Å². The fourth-order valence-corrected chi connectivity index (χ4v) is 1.87. The van der Waals surface area contributed by atoms with Crippen molar-refractivity contribution in [2.24, 2.45) is 0 Å². The van der Waals surface area contributed by atoms with Crippen LogP contribution >= 0.6 is 27.5 Å². The molecule has 0 aliphatic carbocycles. The van der Waals surface area contributed by atoms with Crippen molar-refractivity contribution in [3.63, 3.8) is 0 Å². The Morgan fingerprint density at radius 1 is 1.11 bits per heavy atom. The molecule has 0 spiro atoms. The van der Waals surface area contributed by atoms with Crippen LogP contribution in [0.4, 0.5) is 26.3 Å². The van der Waals surface area contributed by atoms with Crippen LogP contribution in [-0.4, -0.2) is 19.1 Å². The lowest BCUT2D eigenvalue weighted by Crippen LogP contribution is -2.21. The summed E-state index contributed by atoms with van der Waals surface area (Å²) in [5.74, 6) is -1.80. The molecule has 1 aromatic carbocycles. The Hall–Kier alpha value is -0.830. The van der Waals surface area contributed by atoms with Crippen molar-refractivity contribution in [1.82, 2.24) is 0 Å². The minimum Gasteiger partial charge on any atom is -0.479 e. The highest BCUT2D eigenvalue weighted by Gasteiger charge is 2.34. The van der Waals surface area contributed by atoms with Crippen molar-refractivity contribution in [1.29, 1.82) is 0 Å². The predicted octanol–water partition coefficient (Wildman–Crippen LogP) is 4.94. The summed E-state index contributed by atoms with van der Waals surface area (Å²) < 4.78 is 80.1. The average Bonchev–Trinajstić information content (AvgIpc) is 2.10. The Bertz CT molecular complexity index is 459. The summed E-state index contributed by atoms with van der Waals surface area (Å²) in [5, 5.41) is -0.446. The fraction of sp³-hybridized carbons (Fsp3) is 0.333. The quantitative estimate of drug-likeness (QED) is 0.699. The van der Waals surface area contributed by atoms with Gasteiger partial charge in [0.25, 0.3) is 0 Å². The number of alkyl halides is 6. The maximum Gasteiger partial charge on any atom is 0.573 e. The molecule has 0 heterocycles. The van der Waals surface area contributed by atoms with E-state index in [9.17, 15) is 26.3 Å². The van der Waals surface area contributed by atoms with E-state index in [1.54, 1.807) is 0 Å². The molecule has 0 saturated carbocycles. The van der Waals surface area contributed by atoms with Crippen LogP contribution < -0.4 is 9.47 Å². The summed E-state index contributed by atoms with van der Waals surface area (Å²) >= 11 is 8.36.